The van der Waals surface area contributed by atoms with Gasteiger partial charge >= 0.3 is 6.09 Å². The van der Waals surface area contributed by atoms with Crippen LogP contribution in [0.15, 0.2) is 0 Å². The number of hydroxylamine groups is 2. The van der Waals surface area contributed by atoms with Gasteiger partial charge in [-0.2, -0.15) is 0 Å². The van der Waals surface area contributed by atoms with Gasteiger partial charge in [0.1, 0.15) is 0 Å². The number of hydrogen-bond acceptors (Lipinski definition) is 5. The summed E-state index contributed by atoms with van der Waals surface area (Å²) in [6, 6.07) is 0. The molecule has 0 bridgehead atoms. The number of carbonyl (C=O) groups is 3. The largest absolute Gasteiger partial charge is 0.436 e. The molecule has 0 spiro atoms. The van der Waals surface area contributed by atoms with Crippen LogP contribution in [0.5, 0.6) is 0 Å². The average molecular weight is 315 g/mol. The highest BCUT2D eigenvalue weighted by atomic mass is 16.7. The number of nitrogens with two attached hydrogens (primary N) is 1. The zero-order valence-corrected chi connectivity index (χ0v) is 13.7. The minimum atomic E-state index is -1.18. The summed E-state index contributed by atoms with van der Waals surface area (Å²) >= 11 is 0. The number of rotatable bonds is 5. The Kier molecular flexibility index (Phi) is 5.76. The molecule has 126 valence electrons. The van der Waals surface area contributed by atoms with E-state index in [0.717, 1.165) is 5.06 Å². The molecule has 1 aliphatic heterocycles. The van der Waals surface area contributed by atoms with Crippen molar-refractivity contribution in [1.29, 1.82) is 0 Å². The van der Waals surface area contributed by atoms with Gasteiger partial charge in [-0.25, -0.2) is 9.86 Å². The van der Waals surface area contributed by atoms with E-state index in [-0.39, 0.29) is 5.91 Å². The summed E-state index contributed by atoms with van der Waals surface area (Å²) in [5.41, 5.74) is 4.65. The van der Waals surface area contributed by atoms with Crippen molar-refractivity contribution >= 4 is 17.9 Å². The van der Waals surface area contributed by atoms with Crippen molar-refractivity contribution in [2.75, 3.05) is 20.7 Å². The van der Waals surface area contributed by atoms with Crippen LogP contribution >= 0.6 is 0 Å². The van der Waals surface area contributed by atoms with E-state index in [1.165, 1.54) is 14.2 Å². The molecule has 0 aliphatic carbocycles. The van der Waals surface area contributed by atoms with Crippen LogP contribution in [0.3, 0.4) is 0 Å². The predicted octanol–water partition coefficient (Wildman–Crippen LogP) is 0.269. The maximum Gasteiger partial charge on any atom is 0.405 e. The van der Waals surface area contributed by atoms with Gasteiger partial charge in [0.25, 0.3) is 5.91 Å². The Balaban J connectivity index is 3.21. The van der Waals surface area contributed by atoms with Crippen LogP contribution in [0.2, 0.25) is 0 Å². The molecular weight excluding hydrogens is 290 g/mol. The van der Waals surface area contributed by atoms with Crippen molar-refractivity contribution in [3.8, 4) is 0 Å². The molecule has 0 radical (unpaired) electrons. The number of likely N-dealkylation sites (N-methyl/N-ethyl adjacent to an activating group) is 1. The third-order valence-electron chi connectivity index (χ3n) is 3.92. The lowest BCUT2D eigenvalue weighted by atomic mass is 9.69. The molecule has 0 aromatic rings. The van der Waals surface area contributed by atoms with Crippen molar-refractivity contribution in [3.05, 3.63) is 0 Å². The number of nitrogens with zero attached hydrogens (tertiary/aromatic N) is 1. The Morgan fingerprint density at radius 2 is 2.00 bits per heavy atom. The third-order valence-corrected chi connectivity index (χ3v) is 3.92. The van der Waals surface area contributed by atoms with E-state index in [2.05, 4.69) is 5.32 Å². The molecule has 22 heavy (non-hydrogen) atoms. The van der Waals surface area contributed by atoms with Crippen LogP contribution in [-0.4, -0.2) is 49.8 Å². The lowest BCUT2D eigenvalue weighted by Gasteiger charge is -2.39. The van der Waals surface area contributed by atoms with Crippen LogP contribution in [0, 0.1) is 17.3 Å². The maximum atomic E-state index is 12.5. The molecule has 1 aliphatic rings. The smallest absolute Gasteiger partial charge is 0.405 e. The lowest BCUT2D eigenvalue weighted by molar-refractivity contribution is -0.184. The quantitative estimate of drug-likeness (QED) is 0.707. The minimum Gasteiger partial charge on any atom is -0.436 e. The van der Waals surface area contributed by atoms with Crippen molar-refractivity contribution < 1.29 is 24.0 Å². The summed E-state index contributed by atoms with van der Waals surface area (Å²) in [4.78, 5) is 40.7. The highest BCUT2D eigenvalue weighted by molar-refractivity contribution is 5.86. The predicted molar refractivity (Wildman–Crippen MR) is 78.3 cm³/mol. The molecule has 0 aromatic heterocycles. The fourth-order valence-corrected chi connectivity index (χ4v) is 2.90. The van der Waals surface area contributed by atoms with Crippen molar-refractivity contribution in [2.45, 2.75) is 33.3 Å². The van der Waals surface area contributed by atoms with Gasteiger partial charge in [-0.3, -0.25) is 14.4 Å². The van der Waals surface area contributed by atoms with Crippen LogP contribution in [0.25, 0.3) is 0 Å². The van der Waals surface area contributed by atoms with E-state index in [1.807, 2.05) is 20.8 Å². The number of nitrogens with one attached hydrogen (secondary N) is 1. The SMILES string of the molecule is CON(C)C(=O)[C@@H](OC(N)=O)C(C1CCNC1=O)C(C)(C)C. The standard InChI is InChI=1S/C14H25N3O5/c1-14(2,3)9(8-6-7-16-11(8)18)10(22-13(15)20)12(19)17(4)21-5/h8-10H,6-7H2,1-5H3,(H2,15,20)(H,16,18)/t8?,9?,10-/m0/s1. The van der Waals surface area contributed by atoms with Crippen LogP contribution in [0.4, 0.5) is 4.79 Å². The van der Waals surface area contributed by atoms with E-state index in [4.69, 9.17) is 15.3 Å². The zero-order valence-electron chi connectivity index (χ0n) is 13.7. The van der Waals surface area contributed by atoms with Gasteiger partial charge in [0.2, 0.25) is 5.91 Å². The second kappa shape index (κ2) is 6.95. The molecule has 1 saturated heterocycles. The molecule has 3 amide bonds. The summed E-state index contributed by atoms with van der Waals surface area (Å²) in [5, 5.41) is 3.72. The molecule has 8 heteroatoms. The Morgan fingerprint density at radius 1 is 1.41 bits per heavy atom. The second-order valence-corrected chi connectivity index (χ2v) is 6.45. The summed E-state index contributed by atoms with van der Waals surface area (Å²) < 4.78 is 5.07. The number of primary amides is 1. The number of ether oxygens (including phenoxy) is 1. The van der Waals surface area contributed by atoms with Gasteiger partial charge in [0.05, 0.1) is 7.11 Å². The summed E-state index contributed by atoms with van der Waals surface area (Å²) in [5.74, 6) is -1.65. The zero-order chi connectivity index (χ0) is 17.1. The normalized spacial score (nSPS) is 21.0. The topological polar surface area (TPSA) is 111 Å². The van der Waals surface area contributed by atoms with Crippen LogP contribution < -0.4 is 11.1 Å². The molecule has 0 saturated carbocycles. The first kappa shape index (κ1) is 18.2. The number of carbonyl (C=O) groups excluding carboxylic acids is 3. The first-order valence-corrected chi connectivity index (χ1v) is 7.15. The number of amides is 3. The van der Waals surface area contributed by atoms with E-state index in [1.54, 1.807) is 0 Å². The molecule has 3 atom stereocenters. The monoisotopic (exact) mass is 315 g/mol. The first-order valence-electron chi connectivity index (χ1n) is 7.15. The van der Waals surface area contributed by atoms with Crippen LogP contribution in [-0.2, 0) is 19.2 Å². The van der Waals surface area contributed by atoms with E-state index in [9.17, 15) is 14.4 Å². The van der Waals surface area contributed by atoms with Crippen molar-refractivity contribution in [3.63, 3.8) is 0 Å². The summed E-state index contributed by atoms with van der Waals surface area (Å²) in [7, 11) is 2.74. The van der Waals surface area contributed by atoms with Crippen molar-refractivity contribution in [1.82, 2.24) is 10.4 Å². The first-order chi connectivity index (χ1) is 10.1. The fourth-order valence-electron chi connectivity index (χ4n) is 2.90. The Labute approximate surface area is 130 Å². The Hall–Kier alpha value is -1.83. The van der Waals surface area contributed by atoms with Gasteiger partial charge in [0, 0.05) is 25.4 Å². The molecule has 1 heterocycles. The van der Waals surface area contributed by atoms with Crippen LogP contribution in [0.1, 0.15) is 27.2 Å². The highest BCUT2D eigenvalue weighted by Gasteiger charge is 2.48. The van der Waals surface area contributed by atoms with Gasteiger partial charge in [-0.15, -0.1) is 0 Å². The van der Waals surface area contributed by atoms with E-state index in [0.29, 0.717) is 13.0 Å². The summed E-state index contributed by atoms with van der Waals surface area (Å²) in [6.45, 7) is 6.20. The molecule has 1 rings (SSSR count). The van der Waals surface area contributed by atoms with E-state index < -0.39 is 35.4 Å². The molecular formula is C14H25N3O5. The lowest BCUT2D eigenvalue weighted by Crippen LogP contribution is -2.51. The number of hydrogen-bond donors (Lipinski definition) is 2. The van der Waals surface area contributed by atoms with E-state index >= 15 is 0 Å². The highest BCUT2D eigenvalue weighted by Crippen LogP contribution is 2.39. The maximum absolute atomic E-state index is 12.5. The minimum absolute atomic E-state index is 0.147. The molecule has 2 unspecified atom stereocenters. The average Bonchev–Trinajstić information content (AvgIpc) is 2.80. The third kappa shape index (κ3) is 4.09. The molecule has 0 aromatic carbocycles. The Bertz CT molecular complexity index is 446. The molecule has 1 fully saturated rings. The Morgan fingerprint density at radius 3 is 2.36 bits per heavy atom. The van der Waals surface area contributed by atoms with Gasteiger partial charge in [-0.1, -0.05) is 20.8 Å². The molecule has 8 nitrogen and oxygen atoms in total. The van der Waals surface area contributed by atoms with Crippen molar-refractivity contribution in [2.24, 2.45) is 23.0 Å². The van der Waals surface area contributed by atoms with Gasteiger partial charge in [0.15, 0.2) is 6.10 Å². The van der Waals surface area contributed by atoms with Gasteiger partial charge in [-0.05, 0) is 11.8 Å². The molecule has 3 N–H and O–H groups in total. The van der Waals surface area contributed by atoms with Gasteiger partial charge < -0.3 is 15.8 Å². The summed E-state index contributed by atoms with van der Waals surface area (Å²) in [6.07, 6.45) is -1.67. The fraction of sp³-hybridized carbons (Fsp3) is 0.786. The second-order valence-electron chi connectivity index (χ2n) is 6.45.